The zero-order chi connectivity index (χ0) is 56.6. The van der Waals surface area contributed by atoms with E-state index in [0.717, 1.165) is 5.56 Å². The van der Waals surface area contributed by atoms with Crippen LogP contribution in [0.25, 0.3) is 28.0 Å². The van der Waals surface area contributed by atoms with Crippen molar-refractivity contribution in [2.45, 2.75) is 107 Å². The molecule has 80 heavy (non-hydrogen) atoms. The van der Waals surface area contributed by atoms with Crippen LogP contribution in [0.1, 0.15) is 62.0 Å². The topological polar surface area (TPSA) is 262 Å². The molecule has 0 amide bonds. The van der Waals surface area contributed by atoms with Gasteiger partial charge >= 0.3 is 16.1 Å². The maximum Gasteiger partial charge on any atom is 0.695 e. The van der Waals surface area contributed by atoms with Gasteiger partial charge in [-0.15, -0.1) is 9.42 Å². The highest BCUT2D eigenvalue weighted by Gasteiger charge is 2.57. The van der Waals surface area contributed by atoms with Crippen LogP contribution in [0.4, 0.5) is 4.39 Å². The molecule has 0 saturated carbocycles. The number of ether oxygens (including phenoxy) is 5. The first-order valence-electron chi connectivity index (χ1n) is 25.6. The average Bonchev–Trinajstić information content (AvgIpc) is 4.41. The fourth-order valence-corrected chi connectivity index (χ4v) is 12.8. The van der Waals surface area contributed by atoms with Crippen LogP contribution in [0.5, 0.6) is 11.5 Å². The molecule has 5 aromatic heterocycles. The fraction of sp³-hybridized carbons (Fsp3) is 0.415. The molecule has 0 radical (unpaired) electrons. The molecule has 2 aliphatic rings. The van der Waals surface area contributed by atoms with Gasteiger partial charge in [0.15, 0.2) is 55.5 Å². The number of nitrogens with zero attached hydrogens (tertiary/aromatic N) is 10. The van der Waals surface area contributed by atoms with Crippen LogP contribution in [0.2, 0.25) is 18.1 Å². The predicted molar refractivity (Wildman–Crippen MR) is 289 cm³/mol. The minimum atomic E-state index is -5.03. The third-order valence-electron chi connectivity index (χ3n) is 14.8. The number of aromatic nitrogens is 9. The number of nitriles is 1. The van der Waals surface area contributed by atoms with Gasteiger partial charge in [0.2, 0.25) is 0 Å². The molecule has 2 aliphatic heterocycles. The number of alkyl halides is 1. The first kappa shape index (κ1) is 56.8. The lowest BCUT2D eigenvalue weighted by Crippen LogP contribution is -2.49. The van der Waals surface area contributed by atoms with Crippen molar-refractivity contribution in [2.24, 2.45) is 0 Å². The lowest BCUT2D eigenvalue weighted by molar-refractivity contribution is -0.0952. The molecule has 3 aromatic carbocycles. The standard InChI is InChI=1S/C53H59FN10O13P2Si/c1-33-42-48(58-29-57-33)64(31-59-42)51-46(77-80(7,8)52(2,3)4)45(39(74-51)27-70-53(34-13-10-9-11-14-34,35-15-19-37(68-5)20-16-35)36-17-21-38(69-6)22-18-36)76-79(67,71-26-12-23-55)72-28-40-44(75-78(65)66)41(54)50(73-40)63-32-60-43-47-56-24-25-62(47)30-61-49(43)63/h9-11,13-22,24-25,29-32,39-41,44-46,50-51H,12,26-28H2,1-8H3/p+1/t39-,40-,41-,44-,45-,46-,50-,51-,79?/m1/s1. The molecular weight excluding hydrogens is 1090 g/mol. The van der Waals surface area contributed by atoms with Crippen LogP contribution < -0.4 is 9.47 Å². The van der Waals surface area contributed by atoms with Crippen molar-refractivity contribution in [1.29, 1.82) is 5.26 Å². The number of aryl methyl sites for hydroxylation is 1. The normalized spacial score (nSPS) is 22.7. The molecule has 0 spiro atoms. The summed E-state index contributed by atoms with van der Waals surface area (Å²) >= 11 is 0. The molecule has 10 atom stereocenters. The van der Waals surface area contributed by atoms with Gasteiger partial charge < -0.3 is 28.1 Å². The summed E-state index contributed by atoms with van der Waals surface area (Å²) in [6.07, 6.45) is -3.11. The van der Waals surface area contributed by atoms with E-state index < -0.39 is 97.4 Å². The summed E-state index contributed by atoms with van der Waals surface area (Å²) in [6, 6.07) is 26.5. The second kappa shape index (κ2) is 23.2. The summed E-state index contributed by atoms with van der Waals surface area (Å²) in [7, 11) is -8.19. The Morgan fingerprint density at radius 1 is 0.762 bits per heavy atom. The number of rotatable bonds is 22. The molecule has 0 aliphatic carbocycles. The number of benzene rings is 3. The highest BCUT2D eigenvalue weighted by Crippen LogP contribution is 2.56. The third kappa shape index (κ3) is 11.0. The van der Waals surface area contributed by atoms with Crippen LogP contribution in [0, 0.1) is 18.3 Å². The Bertz CT molecular complexity index is 3520. The van der Waals surface area contributed by atoms with E-state index >= 15 is 8.96 Å². The number of imidazole rings is 3. The average molecular weight is 1150 g/mol. The maximum atomic E-state index is 16.8. The zero-order valence-electron chi connectivity index (χ0n) is 45.0. The lowest BCUT2D eigenvalue weighted by Gasteiger charge is -2.41. The summed E-state index contributed by atoms with van der Waals surface area (Å²) in [5.74, 6) is 1.22. The van der Waals surface area contributed by atoms with Crippen molar-refractivity contribution in [1.82, 2.24) is 43.4 Å². The largest absolute Gasteiger partial charge is 0.695 e. The molecule has 2 fully saturated rings. The molecule has 8 aromatic rings. The number of phosphoric ester groups is 1. The molecule has 7 heterocycles. The summed E-state index contributed by atoms with van der Waals surface area (Å²) in [5.41, 5.74) is 3.21. The van der Waals surface area contributed by atoms with E-state index in [4.69, 9.17) is 46.2 Å². The number of fused-ring (bicyclic) bond motifs is 4. The van der Waals surface area contributed by atoms with Gasteiger partial charge in [-0.1, -0.05) is 75.4 Å². The Hall–Kier alpha value is -6.49. The smallest absolute Gasteiger partial charge is 0.497 e. The van der Waals surface area contributed by atoms with E-state index in [9.17, 15) is 14.7 Å². The summed E-state index contributed by atoms with van der Waals surface area (Å²) < 4.78 is 113. The van der Waals surface area contributed by atoms with Crippen LogP contribution in [-0.2, 0) is 51.5 Å². The number of phosphoric acid groups is 1. The van der Waals surface area contributed by atoms with Crippen LogP contribution >= 0.6 is 16.1 Å². The van der Waals surface area contributed by atoms with Crippen LogP contribution in [0.3, 0.4) is 0 Å². The van der Waals surface area contributed by atoms with E-state index in [1.54, 1.807) is 48.8 Å². The van der Waals surface area contributed by atoms with Crippen LogP contribution in [-0.4, -0.2) is 127 Å². The number of methoxy groups -OCH3 is 2. The van der Waals surface area contributed by atoms with Crippen molar-refractivity contribution in [2.75, 3.05) is 34.0 Å². The summed E-state index contributed by atoms with van der Waals surface area (Å²) in [6.45, 7) is 10.5. The minimum Gasteiger partial charge on any atom is -0.497 e. The molecule has 2 saturated heterocycles. The van der Waals surface area contributed by atoms with E-state index in [2.05, 4.69) is 50.7 Å². The molecule has 27 heteroatoms. The van der Waals surface area contributed by atoms with Gasteiger partial charge in [-0.2, -0.15) is 5.26 Å². The predicted octanol–water partition coefficient (Wildman–Crippen LogP) is 9.25. The highest BCUT2D eigenvalue weighted by atomic mass is 31.2. The van der Waals surface area contributed by atoms with E-state index in [1.807, 2.05) is 98.0 Å². The quantitative estimate of drug-likeness (QED) is 0.0287. The monoisotopic (exact) mass is 1150 g/mol. The first-order valence-corrected chi connectivity index (χ1v) is 31.1. The van der Waals surface area contributed by atoms with Gasteiger partial charge in [-0.3, -0.25) is 27.1 Å². The van der Waals surface area contributed by atoms with Gasteiger partial charge in [-0.25, -0.2) is 38.9 Å². The second-order valence-electron chi connectivity index (χ2n) is 20.6. The SMILES string of the molecule is COc1ccc(C(OC[C@H]2O[C@@H](n3cnc4c(C)ncnc43)[C@H](O[Si](C)(C)C(C)(C)C)[C@@H]2OP(=O)(OCCC#N)OC[C@H]2O[C@@H](n3cnc4c3ncn3ccnc43)[C@H](F)[C@@H]2O[P+](=O)O)(c2ccccc2)c2ccc(OC)cc2)cc1. The van der Waals surface area contributed by atoms with Gasteiger partial charge in [0, 0.05) is 17.0 Å². The molecular formula is C53H60FN10O13P2Si+. The zero-order valence-corrected chi connectivity index (χ0v) is 47.8. The van der Waals surface area contributed by atoms with Gasteiger partial charge in [0.05, 0.1) is 64.9 Å². The Morgan fingerprint density at radius 2 is 1.38 bits per heavy atom. The van der Waals surface area contributed by atoms with Crippen LogP contribution in [0.15, 0.2) is 117 Å². The number of halogens is 1. The fourth-order valence-electron chi connectivity index (χ4n) is 9.70. The van der Waals surface area contributed by atoms with E-state index in [-0.39, 0.29) is 18.7 Å². The van der Waals surface area contributed by atoms with E-state index in [1.165, 1.54) is 23.5 Å². The molecule has 23 nitrogen and oxygen atoms in total. The Morgan fingerprint density at radius 3 is 2.01 bits per heavy atom. The van der Waals surface area contributed by atoms with E-state index in [0.29, 0.717) is 50.6 Å². The molecule has 0 bridgehead atoms. The second-order valence-corrected chi connectivity index (χ2v) is 27.7. The lowest BCUT2D eigenvalue weighted by atomic mass is 9.80. The van der Waals surface area contributed by atoms with Gasteiger partial charge in [0.25, 0.3) is 0 Å². The highest BCUT2D eigenvalue weighted by molar-refractivity contribution is 7.48. The Labute approximate surface area is 461 Å². The molecule has 1 N–H and O–H groups in total. The third-order valence-corrected chi connectivity index (χ3v) is 21.2. The summed E-state index contributed by atoms with van der Waals surface area (Å²) in [5, 5.41) is 9.31. The van der Waals surface area contributed by atoms with Crippen molar-refractivity contribution >= 4 is 52.4 Å². The first-order chi connectivity index (χ1) is 38.4. The van der Waals surface area contributed by atoms with Crippen molar-refractivity contribution in [3.8, 4) is 17.6 Å². The maximum absolute atomic E-state index is 16.8. The van der Waals surface area contributed by atoms with Crippen molar-refractivity contribution in [3.05, 3.63) is 139 Å². The Kier molecular flexibility index (Phi) is 16.4. The Balaban J connectivity index is 1.07. The molecule has 420 valence electrons. The molecule has 2 unspecified atom stereocenters. The van der Waals surface area contributed by atoms with Gasteiger partial charge in [-0.05, 0) is 66.0 Å². The van der Waals surface area contributed by atoms with Crippen molar-refractivity contribution in [3.63, 3.8) is 0 Å². The number of hydrogen-bond donors (Lipinski definition) is 1. The van der Waals surface area contributed by atoms with Gasteiger partial charge in [0.1, 0.15) is 59.7 Å². The molecule has 10 rings (SSSR count). The summed E-state index contributed by atoms with van der Waals surface area (Å²) in [4.78, 5) is 36.9. The number of hydrogen-bond acceptors (Lipinski definition) is 19. The minimum absolute atomic E-state index is 0.193. The van der Waals surface area contributed by atoms with Crippen molar-refractivity contribution < 1.29 is 64.6 Å².